The molecule has 1 heterocycles. The van der Waals surface area contributed by atoms with Gasteiger partial charge >= 0.3 is 0 Å². The zero-order valence-corrected chi connectivity index (χ0v) is 11.8. The Morgan fingerprint density at radius 3 is 2.35 bits per heavy atom. The van der Waals surface area contributed by atoms with Gasteiger partial charge in [0.25, 0.3) is 5.56 Å². The van der Waals surface area contributed by atoms with Crippen molar-refractivity contribution in [1.29, 1.82) is 0 Å². The van der Waals surface area contributed by atoms with Crippen LogP contribution in [0.4, 0.5) is 11.4 Å². The van der Waals surface area contributed by atoms with Gasteiger partial charge in [0.2, 0.25) is 0 Å². The summed E-state index contributed by atoms with van der Waals surface area (Å²) in [5.41, 5.74) is 1.92. The number of hydrogen-bond donors (Lipinski definition) is 1. The predicted molar refractivity (Wildman–Crippen MR) is 78.1 cm³/mol. The topological polar surface area (TPSA) is 66.9 Å². The van der Waals surface area contributed by atoms with Crippen LogP contribution in [0.3, 0.4) is 0 Å². The van der Waals surface area contributed by atoms with E-state index in [0.717, 1.165) is 0 Å². The molecule has 104 valence electrons. The van der Waals surface area contributed by atoms with E-state index in [-0.39, 0.29) is 17.1 Å². The molecule has 0 aliphatic rings. The highest BCUT2D eigenvalue weighted by atomic mass is 16.3. The Kier molecular flexibility index (Phi) is 3.98. The van der Waals surface area contributed by atoms with Crippen LogP contribution in [0.5, 0.6) is 5.88 Å². The van der Waals surface area contributed by atoms with Gasteiger partial charge in [-0.2, -0.15) is 5.11 Å². The van der Waals surface area contributed by atoms with Gasteiger partial charge in [0.05, 0.1) is 5.69 Å². The van der Waals surface area contributed by atoms with Gasteiger partial charge in [0.1, 0.15) is 0 Å². The molecule has 0 aliphatic heterocycles. The Morgan fingerprint density at radius 1 is 1.10 bits per heavy atom. The van der Waals surface area contributed by atoms with E-state index in [9.17, 15) is 9.90 Å². The minimum Gasteiger partial charge on any atom is -0.494 e. The Hall–Kier alpha value is -2.43. The van der Waals surface area contributed by atoms with E-state index in [0.29, 0.717) is 23.4 Å². The van der Waals surface area contributed by atoms with Crippen molar-refractivity contribution in [3.63, 3.8) is 0 Å². The van der Waals surface area contributed by atoms with Crippen molar-refractivity contribution in [2.75, 3.05) is 0 Å². The Bertz CT molecular complexity index is 703. The molecule has 1 aromatic heterocycles. The molecule has 0 saturated heterocycles. The largest absolute Gasteiger partial charge is 0.494 e. The van der Waals surface area contributed by atoms with Crippen molar-refractivity contribution in [2.45, 2.75) is 27.3 Å². The van der Waals surface area contributed by atoms with Crippen LogP contribution >= 0.6 is 0 Å². The summed E-state index contributed by atoms with van der Waals surface area (Å²) in [6, 6.07) is 9.22. The second-order valence-electron chi connectivity index (χ2n) is 4.51. The maximum absolute atomic E-state index is 12.3. The van der Waals surface area contributed by atoms with Gasteiger partial charge in [-0.15, -0.1) is 5.11 Å². The SMILES string of the molecule is CCn1c(O)c(C)c(C)c(N=Nc2ccccc2)c1=O. The van der Waals surface area contributed by atoms with Crippen molar-refractivity contribution >= 4 is 11.4 Å². The second-order valence-corrected chi connectivity index (χ2v) is 4.51. The average Bonchev–Trinajstić information content (AvgIpc) is 2.47. The van der Waals surface area contributed by atoms with E-state index in [1.54, 1.807) is 20.8 Å². The van der Waals surface area contributed by atoms with Crippen molar-refractivity contribution in [1.82, 2.24) is 4.57 Å². The fraction of sp³-hybridized carbons (Fsp3) is 0.267. The third-order valence-electron chi connectivity index (χ3n) is 3.29. The van der Waals surface area contributed by atoms with Crippen molar-refractivity contribution in [3.05, 3.63) is 51.8 Å². The minimum absolute atomic E-state index is 0.00587. The van der Waals surface area contributed by atoms with Gasteiger partial charge in [0.15, 0.2) is 11.6 Å². The first kappa shape index (κ1) is 14.0. The van der Waals surface area contributed by atoms with E-state index in [1.165, 1.54) is 4.57 Å². The fourth-order valence-corrected chi connectivity index (χ4v) is 1.95. The molecular formula is C15H17N3O2. The van der Waals surface area contributed by atoms with E-state index < -0.39 is 0 Å². The summed E-state index contributed by atoms with van der Waals surface area (Å²) >= 11 is 0. The van der Waals surface area contributed by atoms with Crippen LogP contribution < -0.4 is 5.56 Å². The molecule has 0 fully saturated rings. The molecule has 2 aromatic rings. The van der Waals surface area contributed by atoms with Crippen molar-refractivity contribution < 1.29 is 5.11 Å². The van der Waals surface area contributed by atoms with Crippen molar-refractivity contribution in [2.24, 2.45) is 10.2 Å². The summed E-state index contributed by atoms with van der Waals surface area (Å²) in [7, 11) is 0. The van der Waals surface area contributed by atoms with Crippen LogP contribution in [0.2, 0.25) is 0 Å². The maximum atomic E-state index is 12.3. The van der Waals surface area contributed by atoms with E-state index in [2.05, 4.69) is 10.2 Å². The molecule has 2 rings (SSSR count). The highest BCUT2D eigenvalue weighted by Crippen LogP contribution is 2.26. The van der Waals surface area contributed by atoms with Gasteiger partial charge in [-0.25, -0.2) is 0 Å². The number of aromatic nitrogens is 1. The molecule has 0 bridgehead atoms. The zero-order valence-electron chi connectivity index (χ0n) is 11.8. The van der Waals surface area contributed by atoms with Crippen molar-refractivity contribution in [3.8, 4) is 5.88 Å². The second kappa shape index (κ2) is 5.69. The predicted octanol–water partition coefficient (Wildman–Crippen LogP) is 3.61. The van der Waals surface area contributed by atoms with Crippen LogP contribution in [0, 0.1) is 13.8 Å². The quantitative estimate of drug-likeness (QED) is 0.866. The van der Waals surface area contributed by atoms with Gasteiger partial charge in [-0.05, 0) is 38.5 Å². The molecule has 5 heteroatoms. The lowest BCUT2D eigenvalue weighted by atomic mass is 10.1. The number of pyridine rings is 1. The lowest BCUT2D eigenvalue weighted by Gasteiger charge is -2.12. The fourth-order valence-electron chi connectivity index (χ4n) is 1.95. The lowest BCUT2D eigenvalue weighted by Crippen LogP contribution is -2.20. The highest BCUT2D eigenvalue weighted by molar-refractivity contribution is 5.51. The summed E-state index contributed by atoms with van der Waals surface area (Å²) < 4.78 is 1.29. The highest BCUT2D eigenvalue weighted by Gasteiger charge is 2.15. The Labute approximate surface area is 117 Å². The Balaban J connectivity index is 2.55. The molecule has 1 aromatic carbocycles. The molecular weight excluding hydrogens is 254 g/mol. The number of hydrogen-bond acceptors (Lipinski definition) is 4. The molecule has 0 spiro atoms. The first-order chi connectivity index (χ1) is 9.56. The molecule has 0 unspecified atom stereocenters. The third kappa shape index (κ3) is 2.47. The monoisotopic (exact) mass is 271 g/mol. The van der Waals surface area contributed by atoms with Gasteiger partial charge in [0, 0.05) is 12.1 Å². The number of benzene rings is 1. The lowest BCUT2D eigenvalue weighted by molar-refractivity contribution is 0.406. The van der Waals surface area contributed by atoms with E-state index >= 15 is 0 Å². The minimum atomic E-state index is -0.326. The van der Waals surface area contributed by atoms with Crippen LogP contribution in [0.15, 0.2) is 45.4 Å². The summed E-state index contributed by atoms with van der Waals surface area (Å²) in [4.78, 5) is 12.3. The number of rotatable bonds is 3. The van der Waals surface area contributed by atoms with Gasteiger partial charge in [-0.1, -0.05) is 18.2 Å². The summed E-state index contributed by atoms with van der Waals surface area (Å²) in [5, 5.41) is 18.1. The van der Waals surface area contributed by atoms with Crippen LogP contribution in [-0.2, 0) is 6.54 Å². The third-order valence-corrected chi connectivity index (χ3v) is 3.29. The normalized spacial score (nSPS) is 11.2. The molecule has 0 aliphatic carbocycles. The van der Waals surface area contributed by atoms with Crippen LogP contribution in [-0.4, -0.2) is 9.67 Å². The van der Waals surface area contributed by atoms with Crippen LogP contribution in [0.1, 0.15) is 18.1 Å². The molecule has 0 atom stereocenters. The van der Waals surface area contributed by atoms with Gasteiger partial charge < -0.3 is 5.11 Å². The summed E-state index contributed by atoms with van der Waals surface area (Å²) in [6.07, 6.45) is 0. The van der Waals surface area contributed by atoms with Gasteiger partial charge in [-0.3, -0.25) is 9.36 Å². The summed E-state index contributed by atoms with van der Waals surface area (Å²) in [5.74, 6) is -0.00587. The molecule has 5 nitrogen and oxygen atoms in total. The molecule has 0 saturated carbocycles. The molecule has 0 radical (unpaired) electrons. The Morgan fingerprint density at radius 2 is 1.75 bits per heavy atom. The van der Waals surface area contributed by atoms with Crippen LogP contribution in [0.25, 0.3) is 0 Å². The molecule has 1 N–H and O–H groups in total. The average molecular weight is 271 g/mol. The standard InChI is InChI=1S/C15H17N3O2/c1-4-18-14(19)11(3)10(2)13(15(18)20)17-16-12-8-6-5-7-9-12/h5-9,19H,4H2,1-3H3. The van der Waals surface area contributed by atoms with E-state index in [4.69, 9.17) is 0 Å². The zero-order chi connectivity index (χ0) is 14.7. The first-order valence-corrected chi connectivity index (χ1v) is 6.46. The number of aromatic hydroxyl groups is 1. The summed E-state index contributed by atoms with van der Waals surface area (Å²) in [6.45, 7) is 5.71. The smallest absolute Gasteiger partial charge is 0.281 e. The molecule has 20 heavy (non-hydrogen) atoms. The van der Waals surface area contributed by atoms with E-state index in [1.807, 2.05) is 30.3 Å². The number of nitrogens with zero attached hydrogens (tertiary/aromatic N) is 3. The maximum Gasteiger partial charge on any atom is 0.281 e. The molecule has 0 amide bonds. The number of azo groups is 1. The first-order valence-electron chi connectivity index (χ1n) is 6.46.